The lowest BCUT2D eigenvalue weighted by Gasteiger charge is -2.26. The summed E-state index contributed by atoms with van der Waals surface area (Å²) in [6, 6.07) is 7.62. The van der Waals surface area contributed by atoms with Crippen LogP contribution < -0.4 is 20.7 Å². The number of carbonyl (C=O) groups is 1. The molecule has 1 aromatic rings. The van der Waals surface area contributed by atoms with Crippen LogP contribution in [-0.2, 0) is 16.1 Å². The molecule has 0 bridgehead atoms. The maximum atomic E-state index is 12.1. The number of benzene rings is 1. The quantitative estimate of drug-likeness (QED) is 0.307. The van der Waals surface area contributed by atoms with E-state index in [4.69, 9.17) is 9.47 Å². The van der Waals surface area contributed by atoms with Gasteiger partial charge in [0.25, 0.3) is 0 Å². The van der Waals surface area contributed by atoms with Gasteiger partial charge in [-0.2, -0.15) is 0 Å². The first-order chi connectivity index (χ1) is 13.7. The average molecular weight is 392 g/mol. The third-order valence-corrected chi connectivity index (χ3v) is 4.42. The molecule has 1 fully saturated rings. The normalized spacial score (nSPS) is 15.1. The third kappa shape index (κ3) is 8.58. The van der Waals surface area contributed by atoms with Gasteiger partial charge in [0.05, 0.1) is 20.3 Å². The van der Waals surface area contributed by atoms with Crippen LogP contribution in [-0.4, -0.2) is 76.4 Å². The molecule has 28 heavy (non-hydrogen) atoms. The number of amides is 1. The van der Waals surface area contributed by atoms with E-state index in [0.29, 0.717) is 12.5 Å². The van der Waals surface area contributed by atoms with Crippen molar-refractivity contribution in [3.8, 4) is 5.75 Å². The fourth-order valence-corrected chi connectivity index (χ4v) is 2.83. The number of aliphatic imine (C=N–C) groups is 1. The first-order valence-corrected chi connectivity index (χ1v) is 9.93. The van der Waals surface area contributed by atoms with Crippen molar-refractivity contribution >= 4 is 11.9 Å². The van der Waals surface area contributed by atoms with Crippen LogP contribution in [0.2, 0.25) is 0 Å². The molecule has 2 rings (SSSR count). The highest BCUT2D eigenvalue weighted by Crippen LogP contribution is 2.10. The molecular weight excluding hydrogens is 358 g/mol. The van der Waals surface area contributed by atoms with Crippen molar-refractivity contribution in [3.63, 3.8) is 0 Å². The van der Waals surface area contributed by atoms with Gasteiger partial charge in [-0.05, 0) is 37.6 Å². The van der Waals surface area contributed by atoms with E-state index in [1.54, 1.807) is 7.11 Å². The van der Waals surface area contributed by atoms with Gasteiger partial charge in [-0.25, -0.2) is 4.99 Å². The molecule has 0 aliphatic carbocycles. The van der Waals surface area contributed by atoms with Crippen molar-refractivity contribution in [3.05, 3.63) is 29.8 Å². The van der Waals surface area contributed by atoms with Gasteiger partial charge in [0, 0.05) is 32.7 Å². The molecule has 1 aliphatic heterocycles. The van der Waals surface area contributed by atoms with E-state index in [1.807, 2.05) is 31.2 Å². The van der Waals surface area contributed by atoms with Crippen LogP contribution in [0.4, 0.5) is 0 Å². The lowest BCUT2D eigenvalue weighted by Crippen LogP contribution is -2.41. The molecule has 1 heterocycles. The van der Waals surface area contributed by atoms with Crippen LogP contribution in [0.15, 0.2) is 29.3 Å². The van der Waals surface area contributed by atoms with E-state index < -0.39 is 0 Å². The summed E-state index contributed by atoms with van der Waals surface area (Å²) in [6.45, 7) is 8.83. The maximum Gasteiger partial charge on any atom is 0.242 e. The zero-order valence-corrected chi connectivity index (χ0v) is 17.0. The van der Waals surface area contributed by atoms with E-state index >= 15 is 0 Å². The minimum absolute atomic E-state index is 0.0922. The fourth-order valence-electron chi connectivity index (χ4n) is 2.83. The second kappa shape index (κ2) is 13.0. The molecule has 0 spiro atoms. The van der Waals surface area contributed by atoms with Crippen LogP contribution >= 0.6 is 0 Å². The van der Waals surface area contributed by atoms with Crippen LogP contribution in [0.3, 0.4) is 0 Å². The summed E-state index contributed by atoms with van der Waals surface area (Å²) in [7, 11) is 1.63. The molecule has 8 heteroatoms. The number of nitrogens with one attached hydrogen (secondary N) is 3. The van der Waals surface area contributed by atoms with Crippen LogP contribution in [0.25, 0.3) is 0 Å². The van der Waals surface area contributed by atoms with E-state index in [9.17, 15) is 4.79 Å². The Kier molecular flexibility index (Phi) is 10.2. The van der Waals surface area contributed by atoms with E-state index in [1.165, 1.54) is 0 Å². The van der Waals surface area contributed by atoms with Crippen LogP contribution in [0, 0.1) is 0 Å². The van der Waals surface area contributed by atoms with E-state index in [-0.39, 0.29) is 12.5 Å². The molecule has 3 N–H and O–H groups in total. The van der Waals surface area contributed by atoms with Crippen molar-refractivity contribution < 1.29 is 14.3 Å². The summed E-state index contributed by atoms with van der Waals surface area (Å²) >= 11 is 0. The van der Waals surface area contributed by atoms with Crippen molar-refractivity contribution in [2.75, 3.05) is 59.6 Å². The van der Waals surface area contributed by atoms with Gasteiger partial charge in [0.1, 0.15) is 12.3 Å². The molecule has 0 saturated carbocycles. The number of methoxy groups -OCH3 is 1. The molecule has 1 aromatic carbocycles. The number of hydrogen-bond donors (Lipinski definition) is 3. The molecule has 0 radical (unpaired) electrons. The Balaban J connectivity index is 1.66. The highest BCUT2D eigenvalue weighted by Gasteiger charge is 2.09. The van der Waals surface area contributed by atoms with Gasteiger partial charge in [0.15, 0.2) is 5.96 Å². The zero-order chi connectivity index (χ0) is 20.0. The monoisotopic (exact) mass is 391 g/mol. The Labute approximate surface area is 167 Å². The molecule has 0 atom stereocenters. The first-order valence-electron chi connectivity index (χ1n) is 9.93. The van der Waals surface area contributed by atoms with Gasteiger partial charge >= 0.3 is 0 Å². The number of hydrogen-bond acceptors (Lipinski definition) is 5. The predicted molar refractivity (Wildman–Crippen MR) is 111 cm³/mol. The van der Waals surface area contributed by atoms with Crippen LogP contribution in [0.1, 0.15) is 18.9 Å². The SMILES string of the molecule is CCNC(=NCC(=O)NCc1ccc(OC)cc1)NCCCN1CCOCC1. The minimum atomic E-state index is -0.110. The van der Waals surface area contributed by atoms with E-state index in [2.05, 4.69) is 25.8 Å². The lowest BCUT2D eigenvalue weighted by molar-refractivity contribution is -0.119. The molecule has 8 nitrogen and oxygen atoms in total. The van der Waals surface area contributed by atoms with Crippen molar-refractivity contribution in [2.24, 2.45) is 4.99 Å². The fraction of sp³-hybridized carbons (Fsp3) is 0.600. The third-order valence-electron chi connectivity index (χ3n) is 4.42. The summed E-state index contributed by atoms with van der Waals surface area (Å²) in [6.07, 6.45) is 1.02. The molecule has 0 unspecified atom stereocenters. The number of rotatable bonds is 10. The predicted octanol–water partition coefficient (Wildman–Crippen LogP) is 0.589. The van der Waals surface area contributed by atoms with Gasteiger partial charge in [-0.3, -0.25) is 9.69 Å². The zero-order valence-electron chi connectivity index (χ0n) is 17.0. The summed E-state index contributed by atoms with van der Waals surface area (Å²) in [4.78, 5) is 18.8. The minimum Gasteiger partial charge on any atom is -0.497 e. The second-order valence-electron chi connectivity index (χ2n) is 6.55. The molecule has 1 aliphatic rings. The van der Waals surface area contributed by atoms with Gasteiger partial charge in [-0.1, -0.05) is 12.1 Å². The summed E-state index contributed by atoms with van der Waals surface area (Å²) < 4.78 is 10.5. The standard InChI is InChI=1S/C20H33N5O3/c1-3-21-20(22-9-4-10-25-11-13-28-14-12-25)24-16-19(26)23-15-17-5-7-18(27-2)8-6-17/h5-8H,3-4,9-16H2,1-2H3,(H,23,26)(H2,21,22,24). The number of guanidine groups is 1. The van der Waals surface area contributed by atoms with Crippen LogP contribution in [0.5, 0.6) is 5.75 Å². The summed E-state index contributed by atoms with van der Waals surface area (Å²) in [5.41, 5.74) is 1.02. The Morgan fingerprint density at radius 2 is 1.93 bits per heavy atom. The first kappa shape index (κ1) is 22.0. The molecule has 156 valence electrons. The van der Waals surface area contributed by atoms with E-state index in [0.717, 1.165) is 63.7 Å². The highest BCUT2D eigenvalue weighted by atomic mass is 16.5. The Bertz CT molecular complexity index is 600. The molecule has 0 aromatic heterocycles. The Morgan fingerprint density at radius 3 is 2.61 bits per heavy atom. The molecule has 1 amide bonds. The average Bonchev–Trinajstić information content (AvgIpc) is 2.74. The van der Waals surface area contributed by atoms with Gasteiger partial charge in [0.2, 0.25) is 5.91 Å². The van der Waals surface area contributed by atoms with Crippen molar-refractivity contribution in [1.29, 1.82) is 0 Å². The number of morpholine rings is 1. The maximum absolute atomic E-state index is 12.1. The lowest BCUT2D eigenvalue weighted by atomic mass is 10.2. The highest BCUT2D eigenvalue weighted by molar-refractivity contribution is 5.84. The second-order valence-corrected chi connectivity index (χ2v) is 6.55. The van der Waals surface area contributed by atoms with Gasteiger partial charge in [-0.15, -0.1) is 0 Å². The summed E-state index contributed by atoms with van der Waals surface area (Å²) in [5, 5.41) is 9.35. The topological polar surface area (TPSA) is 87.2 Å². The van der Waals surface area contributed by atoms with Crippen molar-refractivity contribution in [2.45, 2.75) is 19.9 Å². The summed E-state index contributed by atoms with van der Waals surface area (Å²) in [5.74, 6) is 1.36. The smallest absolute Gasteiger partial charge is 0.242 e. The largest absolute Gasteiger partial charge is 0.497 e. The Morgan fingerprint density at radius 1 is 1.18 bits per heavy atom. The molecular formula is C20H33N5O3. The number of nitrogens with zero attached hydrogens (tertiary/aromatic N) is 2. The Hall–Kier alpha value is -2.32. The van der Waals surface area contributed by atoms with Gasteiger partial charge < -0.3 is 25.4 Å². The number of carbonyl (C=O) groups excluding carboxylic acids is 1. The number of ether oxygens (including phenoxy) is 2. The molecule has 1 saturated heterocycles. The van der Waals surface area contributed by atoms with Crippen molar-refractivity contribution in [1.82, 2.24) is 20.9 Å².